The molecule has 0 bridgehead atoms. The zero-order valence-electron chi connectivity index (χ0n) is 13.5. The molecular formula is C17H22ClN5O. The van der Waals surface area contributed by atoms with Crippen LogP contribution in [0.1, 0.15) is 37.9 Å². The number of halogens is 1. The molecule has 0 unspecified atom stereocenters. The molecule has 1 fully saturated rings. The molecule has 2 aliphatic rings. The fraction of sp³-hybridized carbons (Fsp3) is 0.471. The third-order valence-corrected chi connectivity index (χ3v) is 4.73. The second-order valence-corrected chi connectivity index (χ2v) is 6.59. The van der Waals surface area contributed by atoms with Crippen molar-refractivity contribution < 1.29 is 4.79 Å². The number of nitrogens with two attached hydrogens (primary N) is 1. The van der Waals surface area contributed by atoms with E-state index in [1.54, 1.807) is 0 Å². The topological polar surface area (TPSA) is 85.8 Å². The molecule has 1 aliphatic heterocycles. The minimum absolute atomic E-state index is 0. The van der Waals surface area contributed by atoms with Crippen LogP contribution >= 0.6 is 12.4 Å². The fourth-order valence-corrected chi connectivity index (χ4v) is 3.05. The number of nitrogens with one attached hydrogen (secondary N) is 1. The quantitative estimate of drug-likeness (QED) is 0.893. The third kappa shape index (κ3) is 3.16. The molecule has 0 spiro atoms. The molecule has 0 saturated heterocycles. The summed E-state index contributed by atoms with van der Waals surface area (Å²) in [5, 5.41) is 11.6. The SMILES string of the molecule is Cl.NC1(C(=O)Nc2cccc(-c3nnc4n3CCCCC4)c2)CC1. The maximum absolute atomic E-state index is 12.1. The van der Waals surface area contributed by atoms with Gasteiger partial charge in [-0.05, 0) is 37.8 Å². The monoisotopic (exact) mass is 347 g/mol. The number of anilines is 1. The van der Waals surface area contributed by atoms with Crippen molar-refractivity contribution in [3.8, 4) is 11.4 Å². The van der Waals surface area contributed by atoms with Crippen LogP contribution in [0.25, 0.3) is 11.4 Å². The van der Waals surface area contributed by atoms with Crippen LogP contribution in [0.2, 0.25) is 0 Å². The van der Waals surface area contributed by atoms with E-state index in [0.717, 1.165) is 55.1 Å². The highest BCUT2D eigenvalue weighted by Gasteiger charge is 2.45. The van der Waals surface area contributed by atoms with Gasteiger partial charge in [-0.15, -0.1) is 22.6 Å². The van der Waals surface area contributed by atoms with E-state index in [0.29, 0.717) is 0 Å². The smallest absolute Gasteiger partial charge is 0.244 e. The van der Waals surface area contributed by atoms with Gasteiger partial charge in [-0.3, -0.25) is 4.79 Å². The van der Waals surface area contributed by atoms with E-state index < -0.39 is 5.54 Å². The van der Waals surface area contributed by atoms with Crippen LogP contribution in [0, 0.1) is 0 Å². The predicted octanol–water partition coefficient (Wildman–Crippen LogP) is 2.52. The van der Waals surface area contributed by atoms with E-state index in [1.165, 1.54) is 12.8 Å². The van der Waals surface area contributed by atoms with E-state index in [2.05, 4.69) is 20.1 Å². The fourth-order valence-electron chi connectivity index (χ4n) is 3.05. The van der Waals surface area contributed by atoms with E-state index >= 15 is 0 Å². The molecule has 4 rings (SSSR count). The summed E-state index contributed by atoms with van der Waals surface area (Å²) in [6, 6.07) is 7.77. The van der Waals surface area contributed by atoms with Gasteiger partial charge in [0.15, 0.2) is 5.82 Å². The molecule has 0 radical (unpaired) electrons. The average Bonchev–Trinajstić information content (AvgIpc) is 3.25. The van der Waals surface area contributed by atoms with Gasteiger partial charge in [-0.1, -0.05) is 18.6 Å². The highest BCUT2D eigenvalue weighted by molar-refractivity contribution is 6.00. The molecule has 1 aromatic heterocycles. The van der Waals surface area contributed by atoms with Gasteiger partial charge in [-0.2, -0.15) is 0 Å². The molecule has 128 valence electrons. The lowest BCUT2D eigenvalue weighted by atomic mass is 10.1. The number of aryl methyl sites for hydroxylation is 1. The first kappa shape index (κ1) is 16.9. The van der Waals surface area contributed by atoms with Crippen molar-refractivity contribution in [2.24, 2.45) is 5.73 Å². The highest BCUT2D eigenvalue weighted by Crippen LogP contribution is 2.33. The van der Waals surface area contributed by atoms with Crippen LogP contribution in [0.15, 0.2) is 24.3 Å². The van der Waals surface area contributed by atoms with Crippen LogP contribution in [0.4, 0.5) is 5.69 Å². The van der Waals surface area contributed by atoms with Gasteiger partial charge >= 0.3 is 0 Å². The second-order valence-electron chi connectivity index (χ2n) is 6.59. The van der Waals surface area contributed by atoms with Crippen molar-refractivity contribution in [2.45, 2.75) is 50.6 Å². The molecule has 1 saturated carbocycles. The Morgan fingerprint density at radius 2 is 2.04 bits per heavy atom. The summed E-state index contributed by atoms with van der Waals surface area (Å²) >= 11 is 0. The van der Waals surface area contributed by atoms with Crippen molar-refractivity contribution in [3.05, 3.63) is 30.1 Å². The lowest BCUT2D eigenvalue weighted by molar-refractivity contribution is -0.118. The number of nitrogens with zero attached hydrogens (tertiary/aromatic N) is 3. The van der Waals surface area contributed by atoms with Crippen molar-refractivity contribution in [3.63, 3.8) is 0 Å². The van der Waals surface area contributed by atoms with Crippen molar-refractivity contribution in [2.75, 3.05) is 5.32 Å². The number of amides is 1. The first-order valence-corrected chi connectivity index (χ1v) is 8.29. The van der Waals surface area contributed by atoms with E-state index in [-0.39, 0.29) is 18.3 Å². The van der Waals surface area contributed by atoms with Crippen molar-refractivity contribution in [1.29, 1.82) is 0 Å². The van der Waals surface area contributed by atoms with Gasteiger partial charge in [0.05, 0.1) is 5.54 Å². The highest BCUT2D eigenvalue weighted by atomic mass is 35.5. The summed E-state index contributed by atoms with van der Waals surface area (Å²) in [5.41, 5.74) is 7.01. The lowest BCUT2D eigenvalue weighted by Crippen LogP contribution is -2.37. The number of carbonyl (C=O) groups excluding carboxylic acids is 1. The molecule has 2 aromatic rings. The zero-order chi connectivity index (χ0) is 15.9. The Hall–Kier alpha value is -1.92. The number of fused-ring (bicyclic) bond motifs is 1. The average molecular weight is 348 g/mol. The Kier molecular flexibility index (Phi) is 4.60. The van der Waals surface area contributed by atoms with Gasteiger partial charge in [0.2, 0.25) is 5.91 Å². The van der Waals surface area contributed by atoms with E-state index in [4.69, 9.17) is 5.73 Å². The summed E-state index contributed by atoms with van der Waals surface area (Å²) in [5.74, 6) is 1.84. The molecule has 6 nitrogen and oxygen atoms in total. The van der Waals surface area contributed by atoms with Crippen LogP contribution in [-0.4, -0.2) is 26.2 Å². The van der Waals surface area contributed by atoms with Crippen molar-refractivity contribution in [1.82, 2.24) is 14.8 Å². The Balaban J connectivity index is 0.00000169. The summed E-state index contributed by atoms with van der Waals surface area (Å²) in [6.07, 6.45) is 6.07. The number of benzene rings is 1. The third-order valence-electron chi connectivity index (χ3n) is 4.73. The van der Waals surface area contributed by atoms with Gasteiger partial charge in [0.1, 0.15) is 5.82 Å². The molecule has 2 heterocycles. The van der Waals surface area contributed by atoms with Crippen LogP contribution < -0.4 is 11.1 Å². The number of carbonyl (C=O) groups is 1. The van der Waals surface area contributed by atoms with Crippen LogP contribution in [0.5, 0.6) is 0 Å². The largest absolute Gasteiger partial charge is 0.324 e. The minimum Gasteiger partial charge on any atom is -0.324 e. The molecule has 7 heteroatoms. The molecule has 0 atom stereocenters. The summed E-state index contributed by atoms with van der Waals surface area (Å²) < 4.78 is 2.21. The molecule has 1 aromatic carbocycles. The predicted molar refractivity (Wildman–Crippen MR) is 95.0 cm³/mol. The van der Waals surface area contributed by atoms with Crippen LogP contribution in [-0.2, 0) is 17.8 Å². The van der Waals surface area contributed by atoms with Gasteiger partial charge in [-0.25, -0.2) is 0 Å². The number of hydrogen-bond donors (Lipinski definition) is 2. The Morgan fingerprint density at radius 3 is 2.83 bits per heavy atom. The van der Waals surface area contributed by atoms with Gasteiger partial charge < -0.3 is 15.6 Å². The Bertz CT molecular complexity index is 753. The molecule has 1 aliphatic carbocycles. The van der Waals surface area contributed by atoms with Gasteiger partial charge in [0.25, 0.3) is 0 Å². The number of hydrogen-bond acceptors (Lipinski definition) is 4. The second kappa shape index (κ2) is 6.53. The summed E-state index contributed by atoms with van der Waals surface area (Å²) in [6.45, 7) is 0.958. The molecule has 24 heavy (non-hydrogen) atoms. The first-order valence-electron chi connectivity index (χ1n) is 8.29. The van der Waals surface area contributed by atoms with Crippen LogP contribution in [0.3, 0.4) is 0 Å². The first-order chi connectivity index (χ1) is 11.2. The van der Waals surface area contributed by atoms with E-state index in [9.17, 15) is 4.79 Å². The Labute approximate surface area is 147 Å². The summed E-state index contributed by atoms with van der Waals surface area (Å²) in [4.78, 5) is 12.1. The normalized spacial score (nSPS) is 18.0. The maximum atomic E-state index is 12.1. The van der Waals surface area contributed by atoms with Crippen molar-refractivity contribution >= 4 is 24.0 Å². The minimum atomic E-state index is -0.665. The summed E-state index contributed by atoms with van der Waals surface area (Å²) in [7, 11) is 0. The number of rotatable bonds is 3. The molecule has 1 amide bonds. The maximum Gasteiger partial charge on any atom is 0.244 e. The molecule has 3 N–H and O–H groups in total. The molecular weight excluding hydrogens is 326 g/mol. The Morgan fingerprint density at radius 1 is 1.21 bits per heavy atom. The lowest BCUT2D eigenvalue weighted by Gasteiger charge is -2.12. The van der Waals surface area contributed by atoms with E-state index in [1.807, 2.05) is 24.3 Å². The standard InChI is InChI=1S/C17H21N5O.ClH/c18-17(8-9-17)16(23)19-13-6-4-5-12(11-13)15-21-20-14-7-2-1-3-10-22(14)15;/h4-6,11H,1-3,7-10,18H2,(H,19,23);1H. The zero-order valence-corrected chi connectivity index (χ0v) is 14.3. The van der Waals surface area contributed by atoms with Gasteiger partial charge in [0, 0.05) is 24.2 Å². The number of aromatic nitrogens is 3.